The van der Waals surface area contributed by atoms with Crippen molar-refractivity contribution < 1.29 is 4.79 Å². The van der Waals surface area contributed by atoms with Crippen molar-refractivity contribution in [3.63, 3.8) is 0 Å². The van der Waals surface area contributed by atoms with Crippen molar-refractivity contribution in [2.75, 3.05) is 5.33 Å². The van der Waals surface area contributed by atoms with E-state index in [1.807, 2.05) is 18.2 Å². The minimum atomic E-state index is -0.333. The van der Waals surface area contributed by atoms with Crippen LogP contribution in [0.5, 0.6) is 0 Å². The van der Waals surface area contributed by atoms with E-state index in [4.69, 9.17) is 0 Å². The summed E-state index contributed by atoms with van der Waals surface area (Å²) in [6.45, 7) is 4.29. The minimum absolute atomic E-state index is 0.149. The van der Waals surface area contributed by atoms with Gasteiger partial charge in [0.05, 0.1) is 5.54 Å². The number of amides is 1. The standard InChI is InChI=1S/C18H28BrNO/c1-3-4-5-6-7-11-14-17(21)20-18(2,15-19)16-12-9-8-10-13-16/h8-10,12-13H,3-7,11,14-15H2,1-2H3,(H,20,21). The number of carbonyl (C=O) groups excluding carboxylic acids is 1. The smallest absolute Gasteiger partial charge is 0.220 e. The molecule has 0 bridgehead atoms. The maximum absolute atomic E-state index is 12.1. The summed E-state index contributed by atoms with van der Waals surface area (Å²) in [5.74, 6) is 0.149. The van der Waals surface area contributed by atoms with Crippen LogP contribution < -0.4 is 5.32 Å². The van der Waals surface area contributed by atoms with Crippen LogP contribution in [-0.4, -0.2) is 11.2 Å². The van der Waals surface area contributed by atoms with E-state index in [1.165, 1.54) is 25.7 Å². The van der Waals surface area contributed by atoms with Crippen LogP contribution in [0.3, 0.4) is 0 Å². The van der Waals surface area contributed by atoms with Gasteiger partial charge in [0.25, 0.3) is 0 Å². The third-order valence-corrected chi connectivity index (χ3v) is 4.97. The van der Waals surface area contributed by atoms with Crippen LogP contribution >= 0.6 is 15.9 Å². The molecular weight excluding hydrogens is 326 g/mol. The number of hydrogen-bond donors (Lipinski definition) is 1. The normalized spacial score (nSPS) is 13.7. The maximum atomic E-state index is 12.1. The van der Waals surface area contributed by atoms with Crippen molar-refractivity contribution in [1.29, 1.82) is 0 Å². The monoisotopic (exact) mass is 353 g/mol. The van der Waals surface area contributed by atoms with Crippen molar-refractivity contribution in [3.05, 3.63) is 35.9 Å². The highest BCUT2D eigenvalue weighted by atomic mass is 79.9. The minimum Gasteiger partial charge on any atom is -0.346 e. The molecule has 0 aliphatic rings. The van der Waals surface area contributed by atoms with Gasteiger partial charge in [-0.25, -0.2) is 0 Å². The molecule has 0 aromatic heterocycles. The molecule has 1 amide bonds. The number of benzene rings is 1. The summed E-state index contributed by atoms with van der Waals surface area (Å²) in [7, 11) is 0. The molecule has 0 saturated heterocycles. The Morgan fingerprint density at radius 2 is 1.71 bits per heavy atom. The first-order valence-electron chi connectivity index (χ1n) is 8.05. The van der Waals surface area contributed by atoms with Crippen molar-refractivity contribution in [1.82, 2.24) is 5.32 Å². The van der Waals surface area contributed by atoms with E-state index in [0.717, 1.165) is 18.4 Å². The van der Waals surface area contributed by atoms with Gasteiger partial charge in [0.1, 0.15) is 0 Å². The van der Waals surface area contributed by atoms with Crippen LogP contribution in [-0.2, 0) is 10.3 Å². The topological polar surface area (TPSA) is 29.1 Å². The van der Waals surface area contributed by atoms with Gasteiger partial charge in [-0.2, -0.15) is 0 Å². The zero-order chi connectivity index (χ0) is 15.6. The Balaban J connectivity index is 2.38. The molecule has 0 aliphatic carbocycles. The van der Waals surface area contributed by atoms with Crippen LogP contribution in [0.2, 0.25) is 0 Å². The molecule has 0 radical (unpaired) electrons. The molecule has 1 aromatic carbocycles. The molecule has 3 heteroatoms. The lowest BCUT2D eigenvalue weighted by atomic mass is 9.94. The van der Waals surface area contributed by atoms with E-state index in [2.05, 4.69) is 47.2 Å². The Labute approximate surface area is 137 Å². The van der Waals surface area contributed by atoms with Gasteiger partial charge >= 0.3 is 0 Å². The fraction of sp³-hybridized carbons (Fsp3) is 0.611. The maximum Gasteiger partial charge on any atom is 0.220 e. The zero-order valence-electron chi connectivity index (χ0n) is 13.3. The molecule has 118 valence electrons. The lowest BCUT2D eigenvalue weighted by Gasteiger charge is -2.29. The Kier molecular flexibility index (Phi) is 8.67. The summed E-state index contributed by atoms with van der Waals surface area (Å²) in [4.78, 5) is 12.1. The number of unbranched alkanes of at least 4 members (excludes halogenated alkanes) is 5. The lowest BCUT2D eigenvalue weighted by Crippen LogP contribution is -2.44. The van der Waals surface area contributed by atoms with Gasteiger partial charge in [0.2, 0.25) is 5.91 Å². The Bertz CT molecular complexity index is 407. The van der Waals surface area contributed by atoms with Crippen molar-refractivity contribution in [3.8, 4) is 0 Å². The van der Waals surface area contributed by atoms with Crippen molar-refractivity contribution in [2.45, 2.75) is 64.3 Å². The van der Waals surface area contributed by atoms with E-state index in [9.17, 15) is 4.79 Å². The quantitative estimate of drug-likeness (QED) is 0.456. The van der Waals surface area contributed by atoms with Crippen LogP contribution in [0.1, 0.15) is 64.4 Å². The molecule has 0 aliphatic heterocycles. The molecule has 0 spiro atoms. The number of halogens is 1. The molecule has 21 heavy (non-hydrogen) atoms. The average molecular weight is 354 g/mol. The number of alkyl halides is 1. The molecule has 1 rings (SSSR count). The Hall–Kier alpha value is -0.830. The second kappa shape index (κ2) is 9.99. The van der Waals surface area contributed by atoms with Gasteiger partial charge in [-0.3, -0.25) is 4.79 Å². The first-order valence-corrected chi connectivity index (χ1v) is 9.17. The van der Waals surface area contributed by atoms with E-state index in [0.29, 0.717) is 11.8 Å². The number of carbonyl (C=O) groups is 1. The highest BCUT2D eigenvalue weighted by molar-refractivity contribution is 9.09. The highest BCUT2D eigenvalue weighted by Gasteiger charge is 2.26. The molecule has 0 heterocycles. The Morgan fingerprint density at radius 3 is 2.33 bits per heavy atom. The van der Waals surface area contributed by atoms with Crippen LogP contribution in [0.4, 0.5) is 0 Å². The SMILES string of the molecule is CCCCCCCCC(=O)NC(C)(CBr)c1ccccc1. The molecule has 0 fully saturated rings. The third-order valence-electron chi connectivity index (χ3n) is 3.85. The second-order valence-electron chi connectivity index (χ2n) is 5.90. The number of hydrogen-bond acceptors (Lipinski definition) is 1. The summed E-state index contributed by atoms with van der Waals surface area (Å²) in [5.41, 5.74) is 0.804. The third kappa shape index (κ3) is 6.64. The molecule has 1 aromatic rings. The van der Waals surface area contributed by atoms with Crippen molar-refractivity contribution in [2.24, 2.45) is 0 Å². The van der Waals surface area contributed by atoms with Gasteiger partial charge in [0.15, 0.2) is 0 Å². The molecule has 1 atom stereocenters. The Morgan fingerprint density at radius 1 is 1.10 bits per heavy atom. The van der Waals surface area contributed by atoms with Gasteiger partial charge in [0, 0.05) is 11.8 Å². The predicted octanol–water partition coefficient (Wildman–Crippen LogP) is 5.16. The molecule has 0 saturated carbocycles. The molecular formula is C18H28BrNO. The first kappa shape index (κ1) is 18.2. The van der Waals surface area contributed by atoms with Gasteiger partial charge in [-0.15, -0.1) is 0 Å². The highest BCUT2D eigenvalue weighted by Crippen LogP contribution is 2.23. The second-order valence-corrected chi connectivity index (χ2v) is 6.46. The summed E-state index contributed by atoms with van der Waals surface area (Å²) < 4.78 is 0. The van der Waals surface area contributed by atoms with Gasteiger partial charge < -0.3 is 5.32 Å². The number of nitrogens with one attached hydrogen (secondary N) is 1. The number of rotatable bonds is 10. The first-order chi connectivity index (χ1) is 10.1. The van der Waals surface area contributed by atoms with E-state index in [1.54, 1.807) is 0 Å². The fourth-order valence-corrected chi connectivity index (χ4v) is 2.89. The van der Waals surface area contributed by atoms with Crippen molar-refractivity contribution >= 4 is 21.8 Å². The van der Waals surface area contributed by atoms with E-state index in [-0.39, 0.29) is 11.4 Å². The van der Waals surface area contributed by atoms with Gasteiger partial charge in [-0.05, 0) is 18.9 Å². The average Bonchev–Trinajstić information content (AvgIpc) is 2.51. The predicted molar refractivity (Wildman–Crippen MR) is 93.7 cm³/mol. The fourth-order valence-electron chi connectivity index (χ4n) is 2.42. The molecule has 1 unspecified atom stereocenters. The zero-order valence-corrected chi connectivity index (χ0v) is 14.9. The van der Waals surface area contributed by atoms with Crippen LogP contribution in [0.25, 0.3) is 0 Å². The van der Waals surface area contributed by atoms with Crippen LogP contribution in [0, 0.1) is 0 Å². The van der Waals surface area contributed by atoms with Crippen LogP contribution in [0.15, 0.2) is 30.3 Å². The van der Waals surface area contributed by atoms with E-state index < -0.39 is 0 Å². The van der Waals surface area contributed by atoms with Gasteiger partial charge in [-0.1, -0.05) is 85.3 Å². The summed E-state index contributed by atoms with van der Waals surface area (Å²) >= 11 is 3.53. The summed E-state index contributed by atoms with van der Waals surface area (Å²) in [5, 5.41) is 3.89. The largest absolute Gasteiger partial charge is 0.346 e. The lowest BCUT2D eigenvalue weighted by molar-refractivity contribution is -0.122. The van der Waals surface area contributed by atoms with E-state index >= 15 is 0 Å². The molecule has 1 N–H and O–H groups in total. The molecule has 2 nitrogen and oxygen atoms in total. The summed E-state index contributed by atoms with van der Waals surface area (Å²) in [6.07, 6.45) is 7.88. The summed E-state index contributed by atoms with van der Waals surface area (Å²) in [6, 6.07) is 10.1.